The predicted molar refractivity (Wildman–Crippen MR) is 391 cm³/mol. The van der Waals surface area contributed by atoms with E-state index in [1.54, 1.807) is 27.5 Å². The zero-order valence-electron chi connectivity index (χ0n) is 62.4. The van der Waals surface area contributed by atoms with Crippen molar-refractivity contribution in [3.63, 3.8) is 0 Å². The van der Waals surface area contributed by atoms with E-state index in [0.717, 1.165) is 5.92 Å². The largest absolute Gasteiger partial charge is 0.388 e. The number of hydrogen-bond acceptors (Lipinski definition) is 4. The average Bonchev–Trinajstić information content (AvgIpc) is 3.47. The molecule has 0 aliphatic carbocycles. The van der Waals surface area contributed by atoms with Crippen LogP contribution in [0.5, 0.6) is 0 Å². The van der Waals surface area contributed by atoms with Crippen LogP contribution in [0, 0.1) is 5.92 Å². The first-order valence-corrected chi connectivity index (χ1v) is 36.2. The van der Waals surface area contributed by atoms with Gasteiger partial charge in [0.1, 0.15) is 0 Å². The van der Waals surface area contributed by atoms with Crippen LogP contribution in [-0.4, -0.2) is 27.5 Å². The summed E-state index contributed by atoms with van der Waals surface area (Å²) in [7, 11) is 4.99. The van der Waals surface area contributed by atoms with E-state index in [2.05, 4.69) is 152 Å². The number of nitrogens with one attached hydrogen (secondary N) is 1. The van der Waals surface area contributed by atoms with E-state index in [9.17, 15) is 0 Å². The lowest BCUT2D eigenvalue weighted by Crippen LogP contribution is -1.96. The standard InChI is InChI=1S/C23H48.C7H14.C6H14.C5H12.C4H10.3C3H8.C2H6O.7C2H6.CH5NS.CH4S/c1-4-7-8-9-10-11-12-13-14-15-16-17-18-19-20-21-22-23(5-2)6-3;1-3-5-7-6-4-2;1-3-5-6-4-2;1-3-5-4-2;1-3-4-2;4*1-3-2;7*1-2;1-2-3;1-2/h23H,4-22H2,1-3H3;3H,1,4-7H2,2H3;3-6H2,1-2H3;3-5H2,1-2H3;3-4H2,1-2H3;3*3H2,1-2H3;1-2H3;7*1-2H3;2-3H,1H3;2H,1H3. The normalized spacial score (nSPS) is 7.75. The van der Waals surface area contributed by atoms with E-state index in [1.807, 2.05) is 103 Å². The lowest BCUT2D eigenvalue weighted by Gasteiger charge is -2.11. The average molecular weight is 1140 g/mol. The molecule has 4 heteroatoms. The molecule has 0 unspecified atom stereocenters. The lowest BCUT2D eigenvalue weighted by molar-refractivity contribution is 0.277. The van der Waals surface area contributed by atoms with E-state index in [4.69, 9.17) is 0 Å². The maximum absolute atomic E-state index is 4.25. The first-order valence-electron chi connectivity index (χ1n) is 34.8. The van der Waals surface area contributed by atoms with Crippen molar-refractivity contribution in [1.82, 2.24) is 4.72 Å². The molecule has 490 valence electrons. The van der Waals surface area contributed by atoms with Crippen LogP contribution in [0.3, 0.4) is 0 Å². The van der Waals surface area contributed by atoms with Crippen LogP contribution in [0.4, 0.5) is 0 Å². The third-order valence-corrected chi connectivity index (χ3v) is 8.80. The quantitative estimate of drug-likeness (QED) is 0.0394. The molecule has 0 atom stereocenters. The number of rotatable bonds is 29. The van der Waals surface area contributed by atoms with Crippen LogP contribution < -0.4 is 4.72 Å². The van der Waals surface area contributed by atoms with E-state index in [-0.39, 0.29) is 0 Å². The summed E-state index contributed by atoms with van der Waals surface area (Å²) in [6, 6.07) is 0. The molecule has 0 bridgehead atoms. The van der Waals surface area contributed by atoms with Crippen molar-refractivity contribution < 1.29 is 4.74 Å². The molecule has 0 aromatic heterocycles. The molecule has 0 aliphatic rings. The summed E-state index contributed by atoms with van der Waals surface area (Å²) < 4.78 is 6.69. The molecular weight excluding hydrogens is 959 g/mol. The minimum Gasteiger partial charge on any atom is -0.388 e. The van der Waals surface area contributed by atoms with Gasteiger partial charge in [-0.15, -0.1) is 6.58 Å². The van der Waals surface area contributed by atoms with Crippen LogP contribution in [0.2, 0.25) is 0 Å². The maximum Gasteiger partial charge on any atom is 0.0351 e. The van der Waals surface area contributed by atoms with Crippen LogP contribution in [0.25, 0.3) is 0 Å². The third-order valence-electron chi connectivity index (χ3n) is 8.80. The Balaban J connectivity index is -0.0000000332. The van der Waals surface area contributed by atoms with Gasteiger partial charge in [-0.3, -0.25) is 4.72 Å². The van der Waals surface area contributed by atoms with E-state index in [0.29, 0.717) is 0 Å². The highest BCUT2D eigenvalue weighted by Gasteiger charge is 2.02. The van der Waals surface area contributed by atoms with Gasteiger partial charge >= 0.3 is 0 Å². The summed E-state index contributed by atoms with van der Waals surface area (Å²) in [4.78, 5) is 0. The fraction of sp³-hybridized carbons (Fsp3) is 0.972. The van der Waals surface area contributed by atoms with Crippen molar-refractivity contribution in [3.05, 3.63) is 12.7 Å². The van der Waals surface area contributed by atoms with Crippen molar-refractivity contribution in [1.29, 1.82) is 0 Å². The summed E-state index contributed by atoms with van der Waals surface area (Å²) in [6.07, 6.45) is 52.7. The third kappa shape index (κ3) is 382. The van der Waals surface area contributed by atoms with Gasteiger partial charge in [-0.2, -0.15) is 12.6 Å². The fourth-order valence-electron chi connectivity index (χ4n) is 5.07. The first-order chi connectivity index (χ1) is 37.1. The van der Waals surface area contributed by atoms with Crippen molar-refractivity contribution in [2.24, 2.45) is 5.92 Å². The molecule has 0 spiro atoms. The van der Waals surface area contributed by atoms with Gasteiger partial charge in [0.05, 0.1) is 0 Å². The highest BCUT2D eigenvalue weighted by atomic mass is 32.1. The number of methoxy groups -OCH3 is 1. The summed E-state index contributed by atoms with van der Waals surface area (Å²) >= 11 is 7.07. The monoisotopic (exact) mass is 1140 g/mol. The minimum absolute atomic E-state index is 1.00. The van der Waals surface area contributed by atoms with Gasteiger partial charge in [-0.1, -0.05) is 438 Å². The van der Waals surface area contributed by atoms with Gasteiger partial charge in [0, 0.05) is 14.2 Å². The molecule has 0 amide bonds. The van der Waals surface area contributed by atoms with E-state index < -0.39 is 0 Å². The molecule has 0 saturated carbocycles. The van der Waals surface area contributed by atoms with Gasteiger partial charge in [0.2, 0.25) is 0 Å². The molecule has 0 aromatic carbocycles. The second-order valence-electron chi connectivity index (χ2n) is 16.4. The van der Waals surface area contributed by atoms with Gasteiger partial charge in [-0.05, 0) is 32.1 Å². The zero-order valence-corrected chi connectivity index (χ0v) is 64.2. The lowest BCUT2D eigenvalue weighted by atomic mass is 9.95. The van der Waals surface area contributed by atoms with Crippen LogP contribution >= 0.6 is 25.4 Å². The molecular formula is C72H179NOS2. The molecule has 76 heavy (non-hydrogen) atoms. The Kier molecular flexibility index (Phi) is 408. The Bertz CT molecular complexity index is 470. The number of unbranched alkanes of at least 4 members (excludes halogenated alkanes) is 24. The summed E-state index contributed by atoms with van der Waals surface area (Å²) in [5.74, 6) is 1.00. The smallest absolute Gasteiger partial charge is 0.0351 e. The van der Waals surface area contributed by atoms with Gasteiger partial charge in [0.25, 0.3) is 0 Å². The predicted octanol–water partition coefficient (Wildman–Crippen LogP) is 30.7. The highest BCUT2D eigenvalue weighted by Crippen LogP contribution is 2.18. The molecule has 0 fully saturated rings. The molecule has 0 aromatic rings. The first kappa shape index (κ1) is 127. The number of hydrogen-bond donors (Lipinski definition) is 3. The van der Waals surface area contributed by atoms with E-state index in [1.165, 1.54) is 225 Å². The van der Waals surface area contributed by atoms with Crippen LogP contribution in [0.15, 0.2) is 12.7 Å². The molecule has 0 heterocycles. The number of thiol groups is 2. The molecule has 1 N–H and O–H groups in total. The zero-order chi connectivity index (χ0) is 64.4. The van der Waals surface area contributed by atoms with Crippen LogP contribution in [0.1, 0.15) is 432 Å². The van der Waals surface area contributed by atoms with Gasteiger partial charge < -0.3 is 4.74 Å². The molecule has 0 saturated heterocycles. The Morgan fingerprint density at radius 1 is 0.329 bits per heavy atom. The number of allylic oxidation sites excluding steroid dienone is 1. The van der Waals surface area contributed by atoms with Crippen molar-refractivity contribution in [2.45, 2.75) is 432 Å². The number of ether oxygens (including phenoxy) is 1. The van der Waals surface area contributed by atoms with Gasteiger partial charge in [-0.25, -0.2) is 0 Å². The summed E-state index contributed by atoms with van der Waals surface area (Å²) in [5, 5.41) is 0. The topological polar surface area (TPSA) is 21.3 Å². The highest BCUT2D eigenvalue weighted by molar-refractivity contribution is 7.79. The molecule has 0 radical (unpaired) electrons. The Labute approximate surface area is 510 Å². The van der Waals surface area contributed by atoms with Crippen molar-refractivity contribution >= 4 is 25.4 Å². The molecule has 0 rings (SSSR count). The van der Waals surface area contributed by atoms with E-state index >= 15 is 0 Å². The van der Waals surface area contributed by atoms with Crippen LogP contribution in [-0.2, 0) is 4.74 Å². The Morgan fingerprint density at radius 3 is 0.632 bits per heavy atom. The molecule has 2 nitrogen and oxygen atoms in total. The van der Waals surface area contributed by atoms with Crippen molar-refractivity contribution in [3.8, 4) is 0 Å². The van der Waals surface area contributed by atoms with Crippen molar-refractivity contribution in [2.75, 3.05) is 27.5 Å². The second-order valence-corrected chi connectivity index (χ2v) is 16.8. The molecule has 0 aliphatic heterocycles. The van der Waals surface area contributed by atoms with Gasteiger partial charge in [0.15, 0.2) is 0 Å². The Hall–Kier alpha value is 0.360. The second kappa shape index (κ2) is 244. The minimum atomic E-state index is 1.00. The maximum atomic E-state index is 4.25. The SMILES string of the molecule is C=CCCCCC.CC.CC.CC.CC.CC.CC.CC.CCC.CCC.CCC.CCCC.CCCCC.CCCCCC.CCCCCCCCCCCCCCCCCCC(CC)CC.CNS.COC.CS. The Morgan fingerprint density at radius 2 is 0.487 bits per heavy atom. The fourth-order valence-corrected chi connectivity index (χ4v) is 5.07. The summed E-state index contributed by atoms with van der Waals surface area (Å²) in [6.45, 7) is 66.8. The summed E-state index contributed by atoms with van der Waals surface area (Å²) in [5.41, 5.74) is 0.